The first-order valence-corrected chi connectivity index (χ1v) is 40.9. The number of carbonyl (C=O) groups is 8. The average Bonchev–Trinajstić information content (AvgIpc) is 0.737. The molecular formula is C84H93Cl4N11O24. The molecule has 9 unspecified atom stereocenters. The normalized spacial score (nSPS) is 27.0. The van der Waals surface area contributed by atoms with Gasteiger partial charge in [0.2, 0.25) is 59.3 Å². The van der Waals surface area contributed by atoms with Gasteiger partial charge in [-0.05, 0) is 151 Å². The summed E-state index contributed by atoms with van der Waals surface area (Å²) in [5.74, 6) is -13.7. The summed E-state index contributed by atoms with van der Waals surface area (Å²) < 4.78 is 51.5. The minimum absolute atomic E-state index is 0.0221. The van der Waals surface area contributed by atoms with E-state index in [4.69, 9.17) is 95.8 Å². The molecule has 8 aliphatic heterocycles. The molecule has 7 aromatic rings. The molecule has 3 saturated heterocycles. The number of primary amides is 1. The highest BCUT2D eigenvalue weighted by Crippen LogP contribution is 2.50. The minimum Gasteiger partial charge on any atom is -0.508 e. The van der Waals surface area contributed by atoms with Gasteiger partial charge in [0.1, 0.15) is 108 Å². The number of phenols is 3. The van der Waals surface area contributed by atoms with Gasteiger partial charge in [-0.3, -0.25) is 38.4 Å². The van der Waals surface area contributed by atoms with Crippen LogP contribution in [0, 0.1) is 5.92 Å². The van der Waals surface area contributed by atoms with E-state index in [2.05, 4.69) is 42.5 Å². The highest BCUT2D eigenvalue weighted by Gasteiger charge is 2.52. The molecule has 7 aromatic carbocycles. The van der Waals surface area contributed by atoms with Gasteiger partial charge in [0.05, 0.1) is 58.0 Å². The molecule has 0 spiro atoms. The summed E-state index contributed by atoms with van der Waals surface area (Å²) in [6.45, 7) is 6.89. The lowest BCUT2D eigenvalue weighted by Gasteiger charge is -2.48. The number of fused-ring (bicyclic) bond motifs is 15. The molecule has 3 fully saturated rings. The van der Waals surface area contributed by atoms with Crippen molar-refractivity contribution in [3.8, 4) is 62.9 Å². The third-order valence-electron chi connectivity index (χ3n) is 22.1. The number of likely N-dealkylation sites (N-methyl/N-ethyl adjacent to an activating group) is 1. The number of amides is 8. The van der Waals surface area contributed by atoms with E-state index in [9.17, 15) is 50.4 Å². The fraction of sp³-hybridized carbons (Fsp3) is 0.405. The number of ether oxygens (including phenoxy) is 8. The number of halogens is 4. The van der Waals surface area contributed by atoms with Gasteiger partial charge in [-0.1, -0.05) is 96.6 Å². The number of hydrogen-bond donors (Lipinski definition) is 18. The number of rotatable bonds is 19. The SMILES string of the molecule is CN[C@H](CC(C)C)C(=O)N[C@H]1C(=O)N[C@@H](CC(N)=O)C(=O)N[C@H]2C(=O)N[C@H]3C(=O)N[C@H](C(=O)N[C@@H](C(=O)N4CCOCC4)c4cc(O)cc(O)c4-c4cc3ccc4O)[C@H](O)c3ccc(c(Cl)c3)Oc3cc2cc(c3OC2OC(CN)C(O)C(O)C2OC2CC(C)(NCc3ccc(OCc4ccc(Cl)c(Cl)c4)cc3)C(O)C(C)O2)Oc2ccc(cc2Cl)[C@H]1O. The van der Waals surface area contributed by atoms with Gasteiger partial charge >= 0.3 is 0 Å². The molecule has 8 heterocycles. The van der Waals surface area contributed by atoms with Gasteiger partial charge in [0.15, 0.2) is 23.9 Å². The Balaban J connectivity index is 0.964. The molecule has 656 valence electrons. The summed E-state index contributed by atoms with van der Waals surface area (Å²) in [4.78, 5) is 122. The lowest BCUT2D eigenvalue weighted by atomic mass is 9.84. The molecule has 18 atom stereocenters. The third kappa shape index (κ3) is 20.2. The smallest absolute Gasteiger partial charge is 0.249 e. The Morgan fingerprint density at radius 2 is 1.29 bits per heavy atom. The maximum Gasteiger partial charge on any atom is 0.249 e. The van der Waals surface area contributed by atoms with Crippen LogP contribution < -0.4 is 72.9 Å². The van der Waals surface area contributed by atoms with Gasteiger partial charge < -0.3 is 138 Å². The van der Waals surface area contributed by atoms with Gasteiger partial charge in [-0.2, -0.15) is 0 Å². The molecule has 0 saturated carbocycles. The fourth-order valence-corrected chi connectivity index (χ4v) is 16.2. The van der Waals surface area contributed by atoms with Crippen molar-refractivity contribution in [1.29, 1.82) is 0 Å². The summed E-state index contributed by atoms with van der Waals surface area (Å²) in [5.41, 5.74) is 10.2. The van der Waals surface area contributed by atoms with Gasteiger partial charge in [0.25, 0.3) is 0 Å². The first kappa shape index (κ1) is 90.3. The van der Waals surface area contributed by atoms with Crippen LogP contribution in [0.1, 0.15) is 116 Å². The van der Waals surface area contributed by atoms with Crippen LogP contribution >= 0.6 is 46.4 Å². The molecule has 20 N–H and O–H groups in total. The number of morpholine rings is 1. The Bertz CT molecular complexity index is 5170. The van der Waals surface area contributed by atoms with Crippen molar-refractivity contribution in [2.45, 2.75) is 169 Å². The third-order valence-corrected chi connectivity index (χ3v) is 23.4. The molecule has 0 radical (unpaired) electrons. The molecule has 8 aliphatic rings. The largest absolute Gasteiger partial charge is 0.508 e. The van der Waals surface area contributed by atoms with Crippen LogP contribution in [0.5, 0.6) is 51.7 Å². The maximum atomic E-state index is 16.4. The second-order valence-electron chi connectivity index (χ2n) is 31.3. The molecule has 35 nitrogen and oxygen atoms in total. The number of aromatic hydroxyl groups is 3. The maximum absolute atomic E-state index is 16.4. The lowest BCUT2D eigenvalue weighted by Crippen LogP contribution is -2.65. The summed E-state index contributed by atoms with van der Waals surface area (Å²) >= 11 is 26.8. The summed E-state index contributed by atoms with van der Waals surface area (Å²) in [5, 5.41) is 118. The highest BCUT2D eigenvalue weighted by molar-refractivity contribution is 6.42. The molecule has 11 bridgehead atoms. The van der Waals surface area contributed by atoms with Crippen LogP contribution in [0.25, 0.3) is 11.1 Å². The average molecular weight is 1780 g/mol. The molecule has 123 heavy (non-hydrogen) atoms. The number of hydrogen-bond acceptors (Lipinski definition) is 27. The standard InChI is InChI=1S/C84H93Cl4N11O24/c1-36(2)22-52(91-5)76(109)97-67-69(104)41-10-16-56(50(87)25-41)119-58-27-43-28-59(73(58)123-83-74(72(107)71(106)60(33-89)121-83)122-62-32-84(4,75(108)37(3)118-62)92-34-38-6-12-45(13-7-38)117-35-39-8-14-48(85)49(86)23-39)120-57-17-11-42(26-51(57)88)70(105)68-81(114)96-66(82(115)99-18-20-116-21-19-99)47-29-44(100)30-55(102)63(47)46-24-40(9-15-54(46)101)64(78(111)98-68)95-79(112)65(43)94-77(110)53(31-61(90)103)93-80(67)113/h6-17,23-30,36-37,52-53,60,62,64-72,74-75,83,91-92,100-102,104-108H,18-22,31-35,89H2,1-5H3,(H2,90,103)(H,93,113)(H,94,110)(H,95,112)(H,96,114)(H,97,109)(H,98,111)/t37?,52-,53+,60?,62?,64-,65-,66-,67-,68+,69-,70-,71?,72?,74?,75?,83?,84?/m1/s1. The molecule has 39 heteroatoms. The lowest BCUT2D eigenvalue weighted by molar-refractivity contribution is -0.331. The van der Waals surface area contributed by atoms with Gasteiger partial charge in [-0.15, -0.1) is 0 Å². The van der Waals surface area contributed by atoms with E-state index in [1.165, 1.54) is 36.2 Å². The van der Waals surface area contributed by atoms with Crippen molar-refractivity contribution in [1.82, 2.24) is 47.4 Å². The summed E-state index contributed by atoms with van der Waals surface area (Å²) in [6, 6.07) is 13.0. The number of aliphatic hydroxyl groups excluding tert-OH is 5. The number of benzene rings is 7. The Kier molecular flexibility index (Phi) is 28.2. The van der Waals surface area contributed by atoms with Crippen molar-refractivity contribution < 1.29 is 117 Å². The van der Waals surface area contributed by atoms with E-state index in [1.807, 2.05) is 26.0 Å². The second kappa shape index (κ2) is 38.4. The van der Waals surface area contributed by atoms with Crippen LogP contribution in [-0.2, 0) is 70.5 Å². The monoisotopic (exact) mass is 1780 g/mol. The van der Waals surface area contributed by atoms with Crippen LogP contribution in [0.3, 0.4) is 0 Å². The number of aliphatic hydroxyl groups is 5. The quantitative estimate of drug-likeness (QED) is 0.0527. The molecule has 8 amide bonds. The van der Waals surface area contributed by atoms with Crippen LogP contribution in [0.4, 0.5) is 0 Å². The van der Waals surface area contributed by atoms with Crippen molar-refractivity contribution in [3.05, 3.63) is 180 Å². The van der Waals surface area contributed by atoms with E-state index < -0.39 is 220 Å². The number of nitrogens with two attached hydrogens (primary N) is 2. The van der Waals surface area contributed by atoms with Gasteiger partial charge in [-0.25, -0.2) is 0 Å². The van der Waals surface area contributed by atoms with Crippen molar-refractivity contribution in [2.75, 3.05) is 39.9 Å². The van der Waals surface area contributed by atoms with Crippen molar-refractivity contribution in [3.63, 3.8) is 0 Å². The molecule has 0 aliphatic carbocycles. The van der Waals surface area contributed by atoms with Crippen molar-refractivity contribution in [2.24, 2.45) is 17.4 Å². The van der Waals surface area contributed by atoms with E-state index in [1.54, 1.807) is 44.2 Å². The Morgan fingerprint density at radius 1 is 0.659 bits per heavy atom. The summed E-state index contributed by atoms with van der Waals surface area (Å²) in [7, 11) is 1.49. The Hall–Kier alpha value is -10.4. The van der Waals surface area contributed by atoms with Gasteiger partial charge in [0, 0.05) is 55.3 Å². The molecule has 15 rings (SSSR count). The highest BCUT2D eigenvalue weighted by atomic mass is 35.5. The topological polar surface area (TPSA) is 524 Å². The van der Waals surface area contributed by atoms with Crippen LogP contribution in [0.15, 0.2) is 121 Å². The summed E-state index contributed by atoms with van der Waals surface area (Å²) in [6.07, 6.45) is -18.0. The van der Waals surface area contributed by atoms with Crippen LogP contribution in [-0.4, -0.2) is 212 Å². The first-order valence-electron chi connectivity index (χ1n) is 39.4. The van der Waals surface area contributed by atoms with E-state index in [-0.39, 0.29) is 103 Å². The first-order chi connectivity index (χ1) is 58.6. The predicted octanol–water partition coefficient (Wildman–Crippen LogP) is 4.56. The molecular weight excluding hydrogens is 1690 g/mol. The second-order valence-corrected chi connectivity index (χ2v) is 32.9. The van der Waals surface area contributed by atoms with E-state index >= 15 is 28.8 Å². The van der Waals surface area contributed by atoms with E-state index in [0.29, 0.717) is 15.8 Å². The number of carbonyl (C=O) groups excluding carboxylic acids is 8. The number of nitrogens with one attached hydrogen (secondary N) is 8. The number of nitrogens with zero attached hydrogens (tertiary/aromatic N) is 1. The molecule has 0 aromatic heterocycles. The fourth-order valence-electron chi connectivity index (χ4n) is 15.5. The van der Waals surface area contributed by atoms with Crippen LogP contribution in [0.2, 0.25) is 20.1 Å². The Labute approximate surface area is 724 Å². The van der Waals surface area contributed by atoms with Crippen molar-refractivity contribution >= 4 is 93.7 Å². The Morgan fingerprint density at radius 3 is 1.93 bits per heavy atom. The zero-order valence-electron chi connectivity index (χ0n) is 66.7. The minimum atomic E-state index is -2.34. The zero-order valence-corrected chi connectivity index (χ0v) is 69.8. The predicted molar refractivity (Wildman–Crippen MR) is 441 cm³/mol. The zero-order chi connectivity index (χ0) is 88.3. The van der Waals surface area contributed by atoms with E-state index in [0.717, 1.165) is 65.7 Å². The number of phenolic OH excluding ortho intramolecular Hbond substituents is 3.